The van der Waals surface area contributed by atoms with E-state index in [2.05, 4.69) is 5.18 Å². The van der Waals surface area contributed by atoms with Crippen molar-refractivity contribution < 1.29 is 14.6 Å². The van der Waals surface area contributed by atoms with Crippen LogP contribution in [0.4, 0.5) is 0 Å². The van der Waals surface area contributed by atoms with E-state index in [1.165, 1.54) is 0 Å². The maximum atomic E-state index is 11.2. The van der Waals surface area contributed by atoms with Gasteiger partial charge in [0, 0.05) is 0 Å². The summed E-state index contributed by atoms with van der Waals surface area (Å²) in [6.45, 7) is 5.71. The molecular weight excluding hydrogens is 222 g/mol. The zero-order valence-corrected chi connectivity index (χ0v) is 9.67. The van der Waals surface area contributed by atoms with Crippen molar-refractivity contribution in [3.63, 3.8) is 0 Å². The van der Waals surface area contributed by atoms with Crippen molar-refractivity contribution in [3.05, 3.63) is 16.4 Å². The number of hydrogen-bond donors (Lipinski definition) is 1. The number of carbonyl (C=O) groups excluding carboxylic acids is 1. The lowest BCUT2D eigenvalue weighted by molar-refractivity contribution is -0.142. The number of aliphatic hydroxyl groups excluding tert-OH is 1. The molecule has 0 heterocycles. The molecule has 0 saturated carbocycles. The topological polar surface area (TPSA) is 76.0 Å². The Morgan fingerprint density at radius 1 is 1.47 bits per heavy atom. The van der Waals surface area contributed by atoms with E-state index in [0.29, 0.717) is 0 Å². The molecule has 0 aromatic rings. The maximum absolute atomic E-state index is 11.2. The summed E-state index contributed by atoms with van der Waals surface area (Å²) in [5.41, 5.74) is -0.894. The summed E-state index contributed by atoms with van der Waals surface area (Å²) in [4.78, 5) is 21.5. The molecule has 5 nitrogen and oxygen atoms in total. The molecule has 0 amide bonds. The van der Waals surface area contributed by atoms with E-state index in [4.69, 9.17) is 21.4 Å². The molecule has 0 spiro atoms. The van der Waals surface area contributed by atoms with Crippen LogP contribution >= 0.6 is 11.6 Å². The molecule has 86 valence electrons. The minimum absolute atomic E-state index is 0.125. The molecule has 0 aromatic carbocycles. The minimum Gasteiger partial charge on any atom is -0.508 e. The van der Waals surface area contributed by atoms with Gasteiger partial charge in [0.05, 0.1) is 12.5 Å². The number of aliphatic hydroxyl groups is 1. The monoisotopic (exact) mass is 235 g/mol. The van der Waals surface area contributed by atoms with Crippen LogP contribution in [0.1, 0.15) is 20.8 Å². The van der Waals surface area contributed by atoms with Gasteiger partial charge in [0.25, 0.3) is 0 Å². The fraction of sp³-hybridized carbons (Fsp3) is 0.667. The van der Waals surface area contributed by atoms with E-state index >= 15 is 0 Å². The number of alkyl halides is 1. The Balaban J connectivity index is 4.51. The number of nitrogens with zero attached hydrogens (tertiary/aromatic N) is 1. The van der Waals surface area contributed by atoms with Crippen molar-refractivity contribution >= 4 is 17.6 Å². The fourth-order valence-corrected chi connectivity index (χ4v) is 0.748. The lowest BCUT2D eigenvalue weighted by Gasteiger charge is -2.17. The molecule has 0 aliphatic rings. The quantitative estimate of drug-likeness (QED) is 0.267. The summed E-state index contributed by atoms with van der Waals surface area (Å²) < 4.78 is 4.77. The lowest BCUT2D eigenvalue weighted by atomic mass is 9.99. The molecule has 1 N–H and O–H groups in total. The SMILES string of the molecule is CC(C)(C)COC(=O)C(N=O)=C(O)CCl. The average molecular weight is 236 g/mol. The predicted molar refractivity (Wildman–Crippen MR) is 56.6 cm³/mol. The van der Waals surface area contributed by atoms with E-state index in [1.54, 1.807) is 0 Å². The van der Waals surface area contributed by atoms with E-state index in [1.807, 2.05) is 20.8 Å². The first-order chi connectivity index (χ1) is 6.81. The summed E-state index contributed by atoms with van der Waals surface area (Å²) in [6.07, 6.45) is 0. The zero-order chi connectivity index (χ0) is 12.1. The van der Waals surface area contributed by atoms with Gasteiger partial charge in [-0.2, -0.15) is 0 Å². The summed E-state index contributed by atoms with van der Waals surface area (Å²) in [7, 11) is 0. The number of halogens is 1. The maximum Gasteiger partial charge on any atom is 0.364 e. The fourth-order valence-electron chi connectivity index (χ4n) is 0.621. The van der Waals surface area contributed by atoms with Gasteiger partial charge in [-0.05, 0) is 10.6 Å². The third kappa shape index (κ3) is 5.37. The van der Waals surface area contributed by atoms with Gasteiger partial charge < -0.3 is 9.84 Å². The highest BCUT2D eigenvalue weighted by Gasteiger charge is 2.20. The largest absolute Gasteiger partial charge is 0.508 e. The highest BCUT2D eigenvalue weighted by atomic mass is 35.5. The van der Waals surface area contributed by atoms with Crippen molar-refractivity contribution in [1.82, 2.24) is 0 Å². The number of allylic oxidation sites excluding steroid dienone is 1. The van der Waals surface area contributed by atoms with Crippen molar-refractivity contribution in [2.24, 2.45) is 10.6 Å². The number of rotatable bonds is 4. The molecule has 15 heavy (non-hydrogen) atoms. The molecule has 0 radical (unpaired) electrons. The van der Waals surface area contributed by atoms with Gasteiger partial charge in [-0.3, -0.25) is 0 Å². The standard InChI is InChI=1S/C9H14ClNO4/c1-9(2,3)5-15-8(13)7(11-14)6(12)4-10/h12H,4-5H2,1-3H3. The molecule has 0 aliphatic carbocycles. The van der Waals surface area contributed by atoms with E-state index in [9.17, 15) is 9.70 Å². The number of esters is 1. The van der Waals surface area contributed by atoms with Crippen LogP contribution in [-0.4, -0.2) is 23.6 Å². The van der Waals surface area contributed by atoms with Crippen molar-refractivity contribution in [2.75, 3.05) is 12.5 Å². The predicted octanol–water partition coefficient (Wildman–Crippen LogP) is 2.35. The van der Waals surface area contributed by atoms with E-state index in [-0.39, 0.29) is 17.9 Å². The molecule has 0 aromatic heterocycles. The highest BCUT2D eigenvalue weighted by Crippen LogP contribution is 2.15. The molecule has 0 bridgehead atoms. The van der Waals surface area contributed by atoms with Crippen LogP contribution in [0.5, 0.6) is 0 Å². The van der Waals surface area contributed by atoms with Gasteiger partial charge in [0.15, 0.2) is 0 Å². The van der Waals surface area contributed by atoms with Crippen LogP contribution in [0.25, 0.3) is 0 Å². The van der Waals surface area contributed by atoms with Gasteiger partial charge in [0.1, 0.15) is 5.76 Å². The second kappa shape index (κ2) is 5.70. The van der Waals surface area contributed by atoms with Crippen LogP contribution in [0, 0.1) is 10.3 Å². The minimum atomic E-state index is -0.960. The first-order valence-electron chi connectivity index (χ1n) is 4.30. The Kier molecular flexibility index (Phi) is 5.28. The lowest BCUT2D eigenvalue weighted by Crippen LogP contribution is -2.19. The van der Waals surface area contributed by atoms with E-state index < -0.39 is 17.4 Å². The van der Waals surface area contributed by atoms with Crippen LogP contribution in [-0.2, 0) is 9.53 Å². The molecule has 0 atom stereocenters. The summed E-state index contributed by atoms with van der Waals surface area (Å²) in [5, 5.41) is 11.5. The Hall–Kier alpha value is -1.10. The van der Waals surface area contributed by atoms with Crippen LogP contribution in [0.3, 0.4) is 0 Å². The normalized spacial score (nSPS) is 13.1. The van der Waals surface area contributed by atoms with Gasteiger partial charge in [-0.25, -0.2) is 4.79 Å². The Morgan fingerprint density at radius 2 is 2.00 bits per heavy atom. The van der Waals surface area contributed by atoms with Crippen LogP contribution in [0.15, 0.2) is 16.6 Å². The van der Waals surface area contributed by atoms with Crippen molar-refractivity contribution in [2.45, 2.75) is 20.8 Å². The third-order valence-corrected chi connectivity index (χ3v) is 1.57. The second-order valence-corrected chi connectivity index (χ2v) is 4.42. The molecule has 6 heteroatoms. The van der Waals surface area contributed by atoms with Gasteiger partial charge in [-0.15, -0.1) is 16.5 Å². The molecule has 0 saturated heterocycles. The zero-order valence-electron chi connectivity index (χ0n) is 8.91. The van der Waals surface area contributed by atoms with Gasteiger partial charge >= 0.3 is 5.97 Å². The Labute approximate surface area is 93.0 Å². The molecule has 0 aliphatic heterocycles. The van der Waals surface area contributed by atoms with Crippen molar-refractivity contribution in [1.29, 1.82) is 0 Å². The molecule has 0 unspecified atom stereocenters. The summed E-state index contributed by atoms with van der Waals surface area (Å²) in [6, 6.07) is 0. The van der Waals surface area contributed by atoms with Crippen LogP contribution in [0.2, 0.25) is 0 Å². The molecule has 0 rings (SSSR count). The first kappa shape index (κ1) is 13.9. The average Bonchev–Trinajstić information content (AvgIpc) is 2.14. The second-order valence-electron chi connectivity index (χ2n) is 4.16. The molecule has 0 fully saturated rings. The van der Waals surface area contributed by atoms with Gasteiger partial charge in [-0.1, -0.05) is 20.8 Å². The first-order valence-corrected chi connectivity index (χ1v) is 4.84. The number of carbonyl (C=O) groups is 1. The van der Waals surface area contributed by atoms with E-state index in [0.717, 1.165) is 0 Å². The Morgan fingerprint density at radius 3 is 2.33 bits per heavy atom. The molecular formula is C9H14ClNO4. The number of hydrogen-bond acceptors (Lipinski definition) is 5. The van der Waals surface area contributed by atoms with Gasteiger partial charge in [0.2, 0.25) is 5.70 Å². The third-order valence-electron chi connectivity index (χ3n) is 1.32. The highest BCUT2D eigenvalue weighted by molar-refractivity contribution is 6.19. The Bertz CT molecular complexity index is 280. The van der Waals surface area contributed by atoms with Crippen LogP contribution < -0.4 is 0 Å². The number of nitroso groups, excluding NO2 is 1. The van der Waals surface area contributed by atoms with Crippen molar-refractivity contribution in [3.8, 4) is 0 Å². The summed E-state index contributed by atoms with van der Waals surface area (Å²) >= 11 is 5.25. The number of ether oxygens (including phenoxy) is 1. The summed E-state index contributed by atoms with van der Waals surface area (Å²) in [5.74, 6) is -1.89. The smallest absolute Gasteiger partial charge is 0.364 e.